The van der Waals surface area contributed by atoms with Crippen LogP contribution in [0.2, 0.25) is 5.02 Å². The first kappa shape index (κ1) is 19.6. The molecule has 0 unspecified atom stereocenters. The fraction of sp³-hybridized carbons (Fsp3) is 0.176. The summed E-state index contributed by atoms with van der Waals surface area (Å²) in [5.41, 5.74) is -0.401. The molecule has 0 spiro atoms. The Morgan fingerprint density at radius 1 is 1.12 bits per heavy atom. The second kappa shape index (κ2) is 8.09. The first-order chi connectivity index (χ1) is 12.2. The van der Waals surface area contributed by atoms with Crippen molar-refractivity contribution in [3.8, 4) is 5.75 Å². The molecule has 1 N–H and O–H groups in total. The molecule has 0 radical (unpaired) electrons. The topological polar surface area (TPSA) is 64.6 Å². The predicted molar refractivity (Wildman–Crippen MR) is 88.4 cm³/mol. The molecule has 0 atom stereocenters. The summed E-state index contributed by atoms with van der Waals surface area (Å²) in [6, 6.07) is 8.15. The van der Waals surface area contributed by atoms with Crippen LogP contribution in [0.5, 0.6) is 5.75 Å². The number of ether oxygens (including phenoxy) is 2. The molecule has 1 amide bonds. The van der Waals surface area contributed by atoms with Crippen molar-refractivity contribution in [3.05, 3.63) is 58.6 Å². The largest absolute Gasteiger partial charge is 0.482 e. The highest BCUT2D eigenvalue weighted by molar-refractivity contribution is 6.32. The molecule has 0 saturated heterocycles. The zero-order valence-electron chi connectivity index (χ0n) is 13.4. The summed E-state index contributed by atoms with van der Waals surface area (Å²) in [6.45, 7) is -0.418. The van der Waals surface area contributed by atoms with Crippen LogP contribution in [0.15, 0.2) is 42.5 Å². The normalized spacial score (nSPS) is 11.0. The van der Waals surface area contributed by atoms with E-state index in [1.54, 1.807) is 0 Å². The van der Waals surface area contributed by atoms with Gasteiger partial charge in [-0.1, -0.05) is 11.6 Å². The van der Waals surface area contributed by atoms with Gasteiger partial charge in [0.15, 0.2) is 6.61 Å². The van der Waals surface area contributed by atoms with E-state index in [0.29, 0.717) is 0 Å². The maximum atomic E-state index is 12.5. The predicted octanol–water partition coefficient (Wildman–Crippen LogP) is 4.16. The van der Waals surface area contributed by atoms with Crippen molar-refractivity contribution in [2.45, 2.75) is 6.18 Å². The van der Waals surface area contributed by atoms with Gasteiger partial charge in [0, 0.05) is 5.69 Å². The Hall–Kier alpha value is -2.74. The number of hydrogen-bond acceptors (Lipinski definition) is 4. The lowest BCUT2D eigenvalue weighted by Gasteiger charge is -2.11. The van der Waals surface area contributed by atoms with Crippen LogP contribution in [0.4, 0.5) is 18.9 Å². The third kappa shape index (κ3) is 5.13. The molecule has 2 aromatic carbocycles. The first-order valence-electron chi connectivity index (χ1n) is 7.18. The van der Waals surface area contributed by atoms with Crippen molar-refractivity contribution in [1.29, 1.82) is 0 Å². The quantitative estimate of drug-likeness (QED) is 0.782. The number of carbonyl (C=O) groups is 2. The fourth-order valence-corrected chi connectivity index (χ4v) is 2.18. The van der Waals surface area contributed by atoms with Crippen LogP contribution >= 0.6 is 11.6 Å². The molecule has 2 aromatic rings. The van der Waals surface area contributed by atoms with Gasteiger partial charge >= 0.3 is 12.1 Å². The van der Waals surface area contributed by atoms with Crippen molar-refractivity contribution < 1.29 is 32.2 Å². The van der Waals surface area contributed by atoms with Gasteiger partial charge in [0.2, 0.25) is 0 Å². The van der Waals surface area contributed by atoms with E-state index in [1.165, 1.54) is 25.3 Å². The summed E-state index contributed by atoms with van der Waals surface area (Å²) >= 11 is 5.96. The fourth-order valence-electron chi connectivity index (χ4n) is 1.95. The number of amides is 1. The van der Waals surface area contributed by atoms with E-state index in [0.717, 1.165) is 24.3 Å². The lowest BCUT2D eigenvalue weighted by Crippen LogP contribution is -2.20. The van der Waals surface area contributed by atoms with Crippen molar-refractivity contribution in [3.63, 3.8) is 0 Å². The molecule has 0 bridgehead atoms. The highest BCUT2D eigenvalue weighted by Crippen LogP contribution is 2.30. The number of rotatable bonds is 5. The maximum Gasteiger partial charge on any atom is 0.416 e. The summed E-state index contributed by atoms with van der Waals surface area (Å²) in [4.78, 5) is 23.2. The Bertz CT molecular complexity index is 807. The second-order valence-electron chi connectivity index (χ2n) is 5.05. The van der Waals surface area contributed by atoms with Gasteiger partial charge in [-0.3, -0.25) is 4.79 Å². The molecule has 0 heterocycles. The Morgan fingerprint density at radius 2 is 1.77 bits per heavy atom. The van der Waals surface area contributed by atoms with Gasteiger partial charge in [-0.25, -0.2) is 4.79 Å². The summed E-state index contributed by atoms with van der Waals surface area (Å²) in [7, 11) is 1.23. The molecule has 0 aliphatic rings. The molecule has 9 heteroatoms. The number of anilines is 1. The second-order valence-corrected chi connectivity index (χ2v) is 5.46. The van der Waals surface area contributed by atoms with E-state index in [4.69, 9.17) is 16.3 Å². The van der Waals surface area contributed by atoms with Crippen LogP contribution in [-0.4, -0.2) is 25.6 Å². The summed E-state index contributed by atoms with van der Waals surface area (Å²) < 4.78 is 47.2. The van der Waals surface area contributed by atoms with Crippen molar-refractivity contribution >= 4 is 29.2 Å². The number of benzene rings is 2. The molecular formula is C17H13ClF3NO4. The van der Waals surface area contributed by atoms with Crippen LogP contribution in [0.3, 0.4) is 0 Å². The minimum atomic E-state index is -4.45. The van der Waals surface area contributed by atoms with E-state index in [1.807, 2.05) is 0 Å². The van der Waals surface area contributed by atoms with Crippen molar-refractivity contribution in [2.75, 3.05) is 19.0 Å². The zero-order valence-corrected chi connectivity index (χ0v) is 14.1. The third-order valence-corrected chi connectivity index (χ3v) is 3.50. The van der Waals surface area contributed by atoms with Crippen LogP contribution in [0, 0.1) is 0 Å². The Kier molecular flexibility index (Phi) is 6.10. The SMILES string of the molecule is COC(=O)c1ccc(OCC(=O)Nc2ccc(C(F)(F)F)cc2)c(Cl)c1. The van der Waals surface area contributed by atoms with E-state index in [2.05, 4.69) is 10.1 Å². The lowest BCUT2D eigenvalue weighted by molar-refractivity contribution is -0.137. The zero-order chi connectivity index (χ0) is 19.3. The van der Waals surface area contributed by atoms with Gasteiger partial charge < -0.3 is 14.8 Å². The van der Waals surface area contributed by atoms with E-state index < -0.39 is 30.2 Å². The molecular weight excluding hydrogens is 375 g/mol. The monoisotopic (exact) mass is 387 g/mol. The minimum absolute atomic E-state index is 0.107. The average Bonchev–Trinajstić information content (AvgIpc) is 2.59. The molecule has 26 heavy (non-hydrogen) atoms. The Labute approximate surface area is 151 Å². The summed E-state index contributed by atoms with van der Waals surface area (Å²) in [5, 5.41) is 2.51. The number of halogens is 4. The Balaban J connectivity index is 1.93. The van der Waals surface area contributed by atoms with Crippen LogP contribution in [0.1, 0.15) is 15.9 Å². The smallest absolute Gasteiger partial charge is 0.416 e. The van der Waals surface area contributed by atoms with Crippen LogP contribution in [0.25, 0.3) is 0 Å². The molecule has 0 aliphatic heterocycles. The lowest BCUT2D eigenvalue weighted by atomic mass is 10.2. The van der Waals surface area contributed by atoms with Crippen molar-refractivity contribution in [2.24, 2.45) is 0 Å². The van der Waals surface area contributed by atoms with Crippen LogP contribution in [-0.2, 0) is 15.7 Å². The number of carbonyl (C=O) groups excluding carboxylic acids is 2. The number of esters is 1. The van der Waals surface area contributed by atoms with Gasteiger partial charge in [-0.15, -0.1) is 0 Å². The van der Waals surface area contributed by atoms with Gasteiger partial charge in [-0.2, -0.15) is 13.2 Å². The summed E-state index contributed by atoms with van der Waals surface area (Å²) in [5.74, 6) is -0.988. The highest BCUT2D eigenvalue weighted by Gasteiger charge is 2.29. The summed E-state index contributed by atoms with van der Waals surface area (Å²) in [6.07, 6.45) is -4.45. The van der Waals surface area contributed by atoms with Crippen molar-refractivity contribution in [1.82, 2.24) is 0 Å². The Morgan fingerprint density at radius 3 is 2.31 bits per heavy atom. The minimum Gasteiger partial charge on any atom is -0.482 e. The van der Waals surface area contributed by atoms with E-state index >= 15 is 0 Å². The van der Waals surface area contributed by atoms with Crippen LogP contribution < -0.4 is 10.1 Å². The molecule has 5 nitrogen and oxygen atoms in total. The average molecular weight is 388 g/mol. The number of nitrogens with one attached hydrogen (secondary N) is 1. The highest BCUT2D eigenvalue weighted by atomic mass is 35.5. The molecule has 0 fully saturated rings. The third-order valence-electron chi connectivity index (χ3n) is 3.21. The van der Waals surface area contributed by atoms with E-state index in [-0.39, 0.29) is 22.0 Å². The standard InChI is InChI=1S/C17H13ClF3NO4/c1-25-16(24)10-2-7-14(13(18)8-10)26-9-15(23)22-12-5-3-11(4-6-12)17(19,20)21/h2-8H,9H2,1H3,(H,22,23). The number of hydrogen-bond donors (Lipinski definition) is 1. The maximum absolute atomic E-state index is 12.5. The first-order valence-corrected chi connectivity index (χ1v) is 7.56. The molecule has 0 saturated carbocycles. The van der Waals surface area contributed by atoms with E-state index in [9.17, 15) is 22.8 Å². The molecule has 138 valence electrons. The molecule has 2 rings (SSSR count). The van der Waals surface area contributed by atoms with Gasteiger partial charge in [-0.05, 0) is 42.5 Å². The van der Waals surface area contributed by atoms with Gasteiger partial charge in [0.05, 0.1) is 23.3 Å². The number of methoxy groups -OCH3 is 1. The molecule has 0 aromatic heterocycles. The van der Waals surface area contributed by atoms with Gasteiger partial charge in [0.1, 0.15) is 5.75 Å². The van der Waals surface area contributed by atoms with Gasteiger partial charge in [0.25, 0.3) is 5.91 Å². The number of alkyl halides is 3. The molecule has 0 aliphatic carbocycles.